The number of methoxy groups -OCH3 is 2. The molecule has 1 heterocycles. The van der Waals surface area contributed by atoms with Crippen molar-refractivity contribution in [3.63, 3.8) is 0 Å². The molecule has 18 heavy (non-hydrogen) atoms. The van der Waals surface area contributed by atoms with Gasteiger partial charge in [0.1, 0.15) is 0 Å². The van der Waals surface area contributed by atoms with Gasteiger partial charge < -0.3 is 19.9 Å². The molecule has 6 heteroatoms. The standard InChI is InChI=1S/C12H23N3O3/c1-16-8-6-15-12(3-5-14-15)11(13)4-7-18-10-9-17-2/h3,5,11H,4,6-10,13H2,1-2H3. The summed E-state index contributed by atoms with van der Waals surface area (Å²) in [5, 5.41) is 4.23. The minimum atomic E-state index is -0.0631. The van der Waals surface area contributed by atoms with Crippen LogP contribution in [0, 0.1) is 0 Å². The van der Waals surface area contributed by atoms with Crippen LogP contribution in [0.15, 0.2) is 12.3 Å². The molecule has 6 nitrogen and oxygen atoms in total. The van der Waals surface area contributed by atoms with E-state index in [4.69, 9.17) is 19.9 Å². The van der Waals surface area contributed by atoms with E-state index in [9.17, 15) is 0 Å². The van der Waals surface area contributed by atoms with Crippen LogP contribution in [-0.2, 0) is 20.8 Å². The fourth-order valence-corrected chi connectivity index (χ4v) is 1.62. The zero-order valence-electron chi connectivity index (χ0n) is 11.2. The van der Waals surface area contributed by atoms with Gasteiger partial charge >= 0.3 is 0 Å². The summed E-state index contributed by atoms with van der Waals surface area (Å²) in [6.45, 7) is 3.19. The number of ether oxygens (including phenoxy) is 3. The van der Waals surface area contributed by atoms with E-state index in [1.54, 1.807) is 20.4 Å². The summed E-state index contributed by atoms with van der Waals surface area (Å²) >= 11 is 0. The summed E-state index contributed by atoms with van der Waals surface area (Å²) in [6.07, 6.45) is 2.53. The number of aromatic nitrogens is 2. The Kier molecular flexibility index (Phi) is 7.59. The number of rotatable bonds is 10. The van der Waals surface area contributed by atoms with Crippen LogP contribution in [0.2, 0.25) is 0 Å². The van der Waals surface area contributed by atoms with Gasteiger partial charge in [-0.2, -0.15) is 5.10 Å². The summed E-state index contributed by atoms with van der Waals surface area (Å²) in [5.74, 6) is 0. The maximum atomic E-state index is 6.11. The molecule has 0 radical (unpaired) electrons. The maximum absolute atomic E-state index is 6.11. The third-order valence-electron chi connectivity index (χ3n) is 2.64. The molecule has 0 aliphatic carbocycles. The van der Waals surface area contributed by atoms with E-state index in [-0.39, 0.29) is 6.04 Å². The first-order chi connectivity index (χ1) is 8.79. The molecule has 0 saturated carbocycles. The van der Waals surface area contributed by atoms with Gasteiger partial charge in [-0.05, 0) is 12.5 Å². The molecule has 1 aromatic rings. The lowest BCUT2D eigenvalue weighted by molar-refractivity contribution is 0.0668. The Morgan fingerprint density at radius 1 is 1.22 bits per heavy atom. The van der Waals surface area contributed by atoms with E-state index in [2.05, 4.69) is 5.10 Å². The Bertz CT molecular complexity index is 317. The quantitative estimate of drug-likeness (QED) is 0.621. The minimum absolute atomic E-state index is 0.0631. The van der Waals surface area contributed by atoms with Crippen molar-refractivity contribution in [2.45, 2.75) is 19.0 Å². The summed E-state index contributed by atoms with van der Waals surface area (Å²) < 4.78 is 17.2. The number of nitrogens with two attached hydrogens (primary N) is 1. The Hall–Kier alpha value is -0.950. The van der Waals surface area contributed by atoms with Crippen LogP contribution < -0.4 is 5.73 Å². The highest BCUT2D eigenvalue weighted by atomic mass is 16.5. The largest absolute Gasteiger partial charge is 0.383 e. The van der Waals surface area contributed by atoms with Crippen LogP contribution >= 0.6 is 0 Å². The summed E-state index contributed by atoms with van der Waals surface area (Å²) in [5.41, 5.74) is 7.13. The molecule has 0 bridgehead atoms. The van der Waals surface area contributed by atoms with Crippen molar-refractivity contribution in [2.24, 2.45) is 5.73 Å². The number of hydrogen-bond donors (Lipinski definition) is 1. The topological polar surface area (TPSA) is 71.5 Å². The zero-order valence-corrected chi connectivity index (χ0v) is 11.2. The van der Waals surface area contributed by atoms with Crippen LogP contribution in [0.1, 0.15) is 18.2 Å². The molecule has 0 spiro atoms. The average Bonchev–Trinajstić information content (AvgIpc) is 2.84. The maximum Gasteiger partial charge on any atom is 0.0700 e. The van der Waals surface area contributed by atoms with Crippen molar-refractivity contribution >= 4 is 0 Å². The number of nitrogens with zero attached hydrogens (tertiary/aromatic N) is 2. The van der Waals surface area contributed by atoms with Gasteiger partial charge in [-0.3, -0.25) is 4.68 Å². The van der Waals surface area contributed by atoms with E-state index >= 15 is 0 Å². The molecule has 1 rings (SSSR count). The lowest BCUT2D eigenvalue weighted by Crippen LogP contribution is -2.20. The van der Waals surface area contributed by atoms with Gasteiger partial charge in [0.05, 0.1) is 32.1 Å². The molecule has 104 valence electrons. The molecule has 0 saturated heterocycles. The second-order valence-corrected chi connectivity index (χ2v) is 3.97. The van der Waals surface area contributed by atoms with Crippen molar-refractivity contribution in [3.8, 4) is 0 Å². The van der Waals surface area contributed by atoms with Gasteiger partial charge in [-0.1, -0.05) is 0 Å². The molecule has 1 unspecified atom stereocenters. The average molecular weight is 257 g/mol. The number of hydrogen-bond acceptors (Lipinski definition) is 5. The summed E-state index contributed by atoms with van der Waals surface area (Å²) in [4.78, 5) is 0. The van der Waals surface area contributed by atoms with Gasteiger partial charge in [0.25, 0.3) is 0 Å². The second-order valence-electron chi connectivity index (χ2n) is 3.97. The van der Waals surface area contributed by atoms with E-state index in [1.807, 2.05) is 10.7 Å². The highest BCUT2D eigenvalue weighted by Gasteiger charge is 2.11. The Labute approximate surface area is 108 Å². The first-order valence-electron chi connectivity index (χ1n) is 6.12. The first kappa shape index (κ1) is 15.1. The van der Waals surface area contributed by atoms with Crippen LogP contribution in [0.3, 0.4) is 0 Å². The van der Waals surface area contributed by atoms with E-state index in [1.165, 1.54) is 0 Å². The van der Waals surface area contributed by atoms with E-state index in [0.29, 0.717) is 26.4 Å². The predicted molar refractivity (Wildman–Crippen MR) is 68.3 cm³/mol. The Morgan fingerprint density at radius 3 is 2.72 bits per heavy atom. The molecule has 1 aromatic heterocycles. The summed E-state index contributed by atoms with van der Waals surface area (Å²) in [6, 6.07) is 1.88. The molecular formula is C12H23N3O3. The molecular weight excluding hydrogens is 234 g/mol. The normalized spacial score (nSPS) is 12.8. The van der Waals surface area contributed by atoms with E-state index in [0.717, 1.165) is 18.7 Å². The fourth-order valence-electron chi connectivity index (χ4n) is 1.62. The van der Waals surface area contributed by atoms with Gasteiger partial charge in [0.2, 0.25) is 0 Å². The third-order valence-corrected chi connectivity index (χ3v) is 2.64. The highest BCUT2D eigenvalue weighted by molar-refractivity contribution is 5.06. The van der Waals surface area contributed by atoms with Crippen molar-refractivity contribution in [1.29, 1.82) is 0 Å². The first-order valence-corrected chi connectivity index (χ1v) is 6.12. The minimum Gasteiger partial charge on any atom is -0.383 e. The second kappa shape index (κ2) is 9.04. The van der Waals surface area contributed by atoms with Crippen LogP contribution in [0.4, 0.5) is 0 Å². The Balaban J connectivity index is 2.31. The van der Waals surface area contributed by atoms with Crippen LogP contribution in [0.25, 0.3) is 0 Å². The van der Waals surface area contributed by atoms with E-state index < -0.39 is 0 Å². The fraction of sp³-hybridized carbons (Fsp3) is 0.750. The SMILES string of the molecule is COCCOCCC(N)c1ccnn1CCOC. The van der Waals surface area contributed by atoms with Crippen molar-refractivity contribution in [2.75, 3.05) is 40.6 Å². The van der Waals surface area contributed by atoms with Gasteiger partial charge in [-0.25, -0.2) is 0 Å². The Morgan fingerprint density at radius 2 is 2.00 bits per heavy atom. The zero-order chi connectivity index (χ0) is 13.2. The molecule has 0 aromatic carbocycles. The van der Waals surface area contributed by atoms with Gasteiger partial charge in [0, 0.05) is 33.1 Å². The third kappa shape index (κ3) is 5.14. The summed E-state index contributed by atoms with van der Waals surface area (Å²) in [7, 11) is 3.33. The van der Waals surface area contributed by atoms with Gasteiger partial charge in [-0.15, -0.1) is 0 Å². The van der Waals surface area contributed by atoms with Crippen molar-refractivity contribution < 1.29 is 14.2 Å². The predicted octanol–water partition coefficient (Wildman–Crippen LogP) is 0.582. The van der Waals surface area contributed by atoms with Crippen LogP contribution in [-0.4, -0.2) is 50.4 Å². The monoisotopic (exact) mass is 257 g/mol. The molecule has 0 fully saturated rings. The van der Waals surface area contributed by atoms with Crippen molar-refractivity contribution in [3.05, 3.63) is 18.0 Å². The van der Waals surface area contributed by atoms with Gasteiger partial charge in [0.15, 0.2) is 0 Å². The smallest absolute Gasteiger partial charge is 0.0700 e. The molecule has 2 N–H and O–H groups in total. The highest BCUT2D eigenvalue weighted by Crippen LogP contribution is 2.13. The lowest BCUT2D eigenvalue weighted by atomic mass is 10.1. The van der Waals surface area contributed by atoms with Crippen LogP contribution in [0.5, 0.6) is 0 Å². The molecule has 0 amide bonds. The molecule has 0 aliphatic rings. The van der Waals surface area contributed by atoms with Crippen molar-refractivity contribution in [1.82, 2.24) is 9.78 Å². The lowest BCUT2D eigenvalue weighted by Gasteiger charge is -2.14. The molecule has 1 atom stereocenters. The molecule has 0 aliphatic heterocycles.